The van der Waals surface area contributed by atoms with Gasteiger partial charge in [-0.15, -0.1) is 0 Å². The van der Waals surface area contributed by atoms with Crippen molar-refractivity contribution in [3.8, 4) is 0 Å². The first-order chi connectivity index (χ1) is 12.3. The van der Waals surface area contributed by atoms with Gasteiger partial charge in [0.15, 0.2) is 0 Å². The molecule has 0 saturated carbocycles. The van der Waals surface area contributed by atoms with E-state index in [2.05, 4.69) is 0 Å². The molecule has 0 N–H and O–H groups in total. The summed E-state index contributed by atoms with van der Waals surface area (Å²) in [6.45, 7) is -0.00792. The Bertz CT molecular complexity index is 865. The Kier molecular flexibility index (Phi) is 6.65. The highest BCUT2D eigenvalue weighted by Gasteiger charge is 2.20. The van der Waals surface area contributed by atoms with E-state index in [1.54, 1.807) is 31.3 Å². The van der Waals surface area contributed by atoms with E-state index in [4.69, 9.17) is 0 Å². The fraction of sp³-hybridized carbons (Fsp3) is 0.211. The molecule has 2 aromatic rings. The molecule has 0 bridgehead atoms. The molecule has 0 aliphatic carbocycles. The van der Waals surface area contributed by atoms with Gasteiger partial charge in [0, 0.05) is 26.0 Å². The molecule has 0 aliphatic heterocycles. The van der Waals surface area contributed by atoms with Crippen molar-refractivity contribution >= 4 is 22.0 Å². The van der Waals surface area contributed by atoms with E-state index < -0.39 is 10.0 Å². The van der Waals surface area contributed by atoms with Gasteiger partial charge in [-0.2, -0.15) is 4.31 Å². The summed E-state index contributed by atoms with van der Waals surface area (Å²) in [6, 6.07) is 14.8. The first-order valence-electron chi connectivity index (χ1n) is 7.96. The lowest BCUT2D eigenvalue weighted by atomic mass is 10.2. The number of sulfonamides is 1. The maximum Gasteiger partial charge on any atom is 0.237 e. The number of halogens is 1. The van der Waals surface area contributed by atoms with Crippen LogP contribution in [-0.2, 0) is 21.4 Å². The van der Waals surface area contributed by atoms with Crippen molar-refractivity contribution in [3.63, 3.8) is 0 Å². The first-order valence-corrected chi connectivity index (χ1v) is 9.46. The van der Waals surface area contributed by atoms with Crippen LogP contribution in [0.15, 0.2) is 60.0 Å². The van der Waals surface area contributed by atoms with Gasteiger partial charge in [-0.25, -0.2) is 12.8 Å². The number of likely N-dealkylation sites (N-methyl/N-ethyl adjacent to an activating group) is 2. The van der Waals surface area contributed by atoms with E-state index in [1.165, 1.54) is 30.2 Å². The molecule has 0 aliphatic rings. The molecule has 0 heterocycles. The van der Waals surface area contributed by atoms with Gasteiger partial charge in [-0.05, 0) is 29.3 Å². The summed E-state index contributed by atoms with van der Waals surface area (Å²) in [5.41, 5.74) is 1.51. The van der Waals surface area contributed by atoms with E-state index in [0.717, 1.165) is 20.8 Å². The second-order valence-electron chi connectivity index (χ2n) is 5.89. The van der Waals surface area contributed by atoms with Crippen molar-refractivity contribution in [1.29, 1.82) is 0 Å². The predicted molar refractivity (Wildman–Crippen MR) is 99.9 cm³/mol. The summed E-state index contributed by atoms with van der Waals surface area (Å²) in [6.07, 6.45) is 1.48. The number of amides is 1. The Morgan fingerprint density at radius 3 is 2.27 bits per heavy atom. The molecule has 0 fully saturated rings. The zero-order chi connectivity index (χ0) is 19.2. The Hall–Kier alpha value is -2.51. The largest absolute Gasteiger partial charge is 0.340 e. The van der Waals surface area contributed by atoms with Gasteiger partial charge >= 0.3 is 0 Å². The minimum absolute atomic E-state index is 0.271. The van der Waals surface area contributed by atoms with Crippen molar-refractivity contribution in [2.75, 3.05) is 20.6 Å². The van der Waals surface area contributed by atoms with E-state index in [0.29, 0.717) is 0 Å². The maximum atomic E-state index is 12.9. The Balaban J connectivity index is 1.96. The van der Waals surface area contributed by atoms with Crippen LogP contribution < -0.4 is 0 Å². The van der Waals surface area contributed by atoms with Crippen molar-refractivity contribution in [3.05, 3.63) is 76.9 Å². The first kappa shape index (κ1) is 19.8. The molecule has 0 radical (unpaired) electrons. The highest BCUT2D eigenvalue weighted by Crippen LogP contribution is 2.09. The van der Waals surface area contributed by atoms with Gasteiger partial charge in [0.1, 0.15) is 5.82 Å². The topological polar surface area (TPSA) is 57.7 Å². The lowest BCUT2D eigenvalue weighted by Gasteiger charge is -2.21. The molecule has 26 heavy (non-hydrogen) atoms. The standard InChI is InChI=1S/C19H21FN2O3S/c1-21(14-17-8-10-18(20)11-9-17)19(23)15-22(2)26(24,25)13-12-16-6-4-3-5-7-16/h3-13H,14-15H2,1-2H3/b13-12+. The van der Waals surface area contributed by atoms with Crippen LogP contribution in [-0.4, -0.2) is 44.2 Å². The number of rotatable bonds is 7. The van der Waals surface area contributed by atoms with Crippen molar-refractivity contribution in [1.82, 2.24) is 9.21 Å². The van der Waals surface area contributed by atoms with Crippen LogP contribution in [0.25, 0.3) is 6.08 Å². The smallest absolute Gasteiger partial charge is 0.237 e. The monoisotopic (exact) mass is 376 g/mol. The van der Waals surface area contributed by atoms with E-state index in [-0.39, 0.29) is 24.8 Å². The van der Waals surface area contributed by atoms with Crippen LogP contribution >= 0.6 is 0 Å². The SMILES string of the molecule is CN(Cc1ccc(F)cc1)C(=O)CN(C)S(=O)(=O)/C=C/c1ccccc1. The number of benzene rings is 2. The summed E-state index contributed by atoms with van der Waals surface area (Å²) >= 11 is 0. The third-order valence-corrected chi connectivity index (χ3v) is 5.26. The fourth-order valence-corrected chi connectivity index (χ4v) is 3.01. The highest BCUT2D eigenvalue weighted by molar-refractivity contribution is 7.92. The molecule has 7 heteroatoms. The minimum Gasteiger partial charge on any atom is -0.340 e. The molecule has 1 amide bonds. The summed E-state index contributed by atoms with van der Waals surface area (Å²) in [7, 11) is -0.779. The zero-order valence-electron chi connectivity index (χ0n) is 14.7. The number of hydrogen-bond acceptors (Lipinski definition) is 3. The molecule has 0 aromatic heterocycles. The van der Waals surface area contributed by atoms with Gasteiger partial charge in [-0.1, -0.05) is 42.5 Å². The summed E-state index contributed by atoms with van der Waals surface area (Å²) < 4.78 is 38.5. The van der Waals surface area contributed by atoms with E-state index in [1.807, 2.05) is 18.2 Å². The van der Waals surface area contributed by atoms with Crippen LogP contribution in [0.3, 0.4) is 0 Å². The number of hydrogen-bond donors (Lipinski definition) is 0. The molecular weight excluding hydrogens is 355 g/mol. The summed E-state index contributed by atoms with van der Waals surface area (Å²) in [5, 5.41) is 1.08. The minimum atomic E-state index is -3.71. The lowest BCUT2D eigenvalue weighted by molar-refractivity contribution is -0.130. The molecule has 0 saturated heterocycles. The van der Waals surface area contributed by atoms with E-state index in [9.17, 15) is 17.6 Å². The molecule has 0 atom stereocenters. The molecular formula is C19H21FN2O3S. The average molecular weight is 376 g/mol. The second-order valence-corrected chi connectivity index (χ2v) is 7.82. The fourth-order valence-electron chi connectivity index (χ4n) is 2.19. The van der Waals surface area contributed by atoms with Crippen LogP contribution in [0.2, 0.25) is 0 Å². The van der Waals surface area contributed by atoms with Gasteiger partial charge in [0.25, 0.3) is 0 Å². The highest BCUT2D eigenvalue weighted by atomic mass is 32.2. The number of carbonyl (C=O) groups excluding carboxylic acids is 1. The van der Waals surface area contributed by atoms with Crippen molar-refractivity contribution in [2.45, 2.75) is 6.54 Å². The number of nitrogens with zero attached hydrogens (tertiary/aromatic N) is 2. The van der Waals surface area contributed by atoms with Crippen LogP contribution in [0.5, 0.6) is 0 Å². The van der Waals surface area contributed by atoms with E-state index >= 15 is 0 Å². The molecule has 5 nitrogen and oxygen atoms in total. The summed E-state index contributed by atoms with van der Waals surface area (Å²) in [4.78, 5) is 13.7. The third kappa shape index (κ3) is 5.79. The molecule has 138 valence electrons. The quantitative estimate of drug-likeness (QED) is 0.747. The zero-order valence-corrected chi connectivity index (χ0v) is 15.5. The van der Waals surface area contributed by atoms with Crippen molar-refractivity contribution in [2.24, 2.45) is 0 Å². The number of carbonyl (C=O) groups is 1. The molecule has 2 aromatic carbocycles. The van der Waals surface area contributed by atoms with Gasteiger partial charge in [-0.3, -0.25) is 4.79 Å². The normalized spacial score (nSPS) is 11.8. The average Bonchev–Trinajstić information content (AvgIpc) is 2.62. The third-order valence-electron chi connectivity index (χ3n) is 3.78. The molecule has 0 unspecified atom stereocenters. The maximum absolute atomic E-state index is 12.9. The second kappa shape index (κ2) is 8.73. The van der Waals surface area contributed by atoms with Crippen molar-refractivity contribution < 1.29 is 17.6 Å². The Morgan fingerprint density at radius 2 is 1.65 bits per heavy atom. The predicted octanol–water partition coefficient (Wildman–Crippen LogP) is 2.72. The Morgan fingerprint density at radius 1 is 1.04 bits per heavy atom. The van der Waals surface area contributed by atoms with Gasteiger partial charge < -0.3 is 4.90 Å². The molecule has 0 spiro atoms. The lowest BCUT2D eigenvalue weighted by Crippen LogP contribution is -2.38. The molecule has 2 rings (SSSR count). The van der Waals surface area contributed by atoms with Crippen LogP contribution in [0.1, 0.15) is 11.1 Å². The van der Waals surface area contributed by atoms with Gasteiger partial charge in [0.2, 0.25) is 15.9 Å². The Labute approximate surface area is 153 Å². The van der Waals surface area contributed by atoms with Crippen LogP contribution in [0.4, 0.5) is 4.39 Å². The summed E-state index contributed by atoms with van der Waals surface area (Å²) in [5.74, 6) is -0.702. The van der Waals surface area contributed by atoms with Gasteiger partial charge in [0.05, 0.1) is 6.54 Å². The van der Waals surface area contributed by atoms with Crippen LogP contribution in [0, 0.1) is 5.82 Å².